The molecule has 1 atom stereocenters. The van der Waals surface area contributed by atoms with E-state index in [0.29, 0.717) is 19.0 Å². The highest BCUT2D eigenvalue weighted by Crippen LogP contribution is 2.15. The van der Waals surface area contributed by atoms with E-state index in [4.69, 9.17) is 4.74 Å². The molecule has 0 fully saturated rings. The average Bonchev–Trinajstić information content (AvgIpc) is 2.53. The number of urea groups is 1. The van der Waals surface area contributed by atoms with Crippen molar-refractivity contribution in [1.29, 1.82) is 0 Å². The second kappa shape index (κ2) is 7.96. The Labute approximate surface area is 123 Å². The van der Waals surface area contributed by atoms with Gasteiger partial charge in [-0.1, -0.05) is 30.3 Å². The van der Waals surface area contributed by atoms with E-state index in [1.54, 1.807) is 18.3 Å². The topological polar surface area (TPSA) is 76.1 Å². The van der Waals surface area contributed by atoms with Crippen molar-refractivity contribution in [1.82, 2.24) is 15.5 Å². The quantitative estimate of drug-likeness (QED) is 0.854. The Balaban J connectivity index is 1.88. The molecule has 110 valence electrons. The van der Waals surface area contributed by atoms with E-state index in [1.165, 1.54) is 0 Å². The molecular formula is C15H18N4O2. The second-order valence-electron chi connectivity index (χ2n) is 4.30. The van der Waals surface area contributed by atoms with Gasteiger partial charge in [-0.25, -0.2) is 4.79 Å². The van der Waals surface area contributed by atoms with Crippen LogP contribution in [0.4, 0.5) is 10.6 Å². The minimum absolute atomic E-state index is 0.177. The molecule has 0 aliphatic rings. The summed E-state index contributed by atoms with van der Waals surface area (Å²) in [5.41, 5.74) is 1.03. The highest BCUT2D eigenvalue weighted by Gasteiger charge is 2.12. The summed E-state index contributed by atoms with van der Waals surface area (Å²) in [6.45, 7) is 2.88. The standard InChI is InChI=1S/C15H18N4O2/c1-2-21-13(12-7-4-3-5-8-12)11-16-15(20)18-14-9-6-10-17-19-14/h3-10,13H,2,11H2,1H3,(H2,16,18,19,20)/t13-/m0/s1. The van der Waals surface area contributed by atoms with E-state index in [-0.39, 0.29) is 12.1 Å². The number of nitrogens with zero attached hydrogens (tertiary/aromatic N) is 2. The van der Waals surface area contributed by atoms with Gasteiger partial charge in [-0.15, -0.1) is 5.10 Å². The van der Waals surface area contributed by atoms with Crippen molar-refractivity contribution in [3.8, 4) is 0 Å². The normalized spacial score (nSPS) is 11.7. The van der Waals surface area contributed by atoms with E-state index in [1.807, 2.05) is 37.3 Å². The molecule has 0 spiro atoms. The van der Waals surface area contributed by atoms with Crippen molar-refractivity contribution in [2.24, 2.45) is 0 Å². The van der Waals surface area contributed by atoms with E-state index in [2.05, 4.69) is 20.8 Å². The summed E-state index contributed by atoms with van der Waals surface area (Å²) in [4.78, 5) is 11.8. The van der Waals surface area contributed by atoms with Crippen LogP contribution in [0.25, 0.3) is 0 Å². The fraction of sp³-hybridized carbons (Fsp3) is 0.267. The van der Waals surface area contributed by atoms with Gasteiger partial charge in [0, 0.05) is 19.3 Å². The molecule has 2 N–H and O–H groups in total. The highest BCUT2D eigenvalue weighted by molar-refractivity contribution is 5.88. The Morgan fingerprint density at radius 2 is 2.05 bits per heavy atom. The zero-order valence-electron chi connectivity index (χ0n) is 11.8. The van der Waals surface area contributed by atoms with Gasteiger partial charge in [-0.2, -0.15) is 5.10 Å². The largest absolute Gasteiger partial charge is 0.372 e. The maximum absolute atomic E-state index is 11.8. The van der Waals surface area contributed by atoms with E-state index in [9.17, 15) is 4.79 Å². The van der Waals surface area contributed by atoms with Gasteiger partial charge in [0.25, 0.3) is 0 Å². The van der Waals surface area contributed by atoms with Crippen LogP contribution >= 0.6 is 0 Å². The molecule has 0 aliphatic carbocycles. The fourth-order valence-electron chi connectivity index (χ4n) is 1.86. The number of anilines is 1. The van der Waals surface area contributed by atoms with Gasteiger partial charge in [-0.05, 0) is 24.6 Å². The maximum atomic E-state index is 11.8. The van der Waals surface area contributed by atoms with Gasteiger partial charge >= 0.3 is 6.03 Å². The summed E-state index contributed by atoms with van der Waals surface area (Å²) < 4.78 is 5.66. The fourth-order valence-corrected chi connectivity index (χ4v) is 1.86. The Hall–Kier alpha value is -2.47. The van der Waals surface area contributed by atoms with E-state index in [0.717, 1.165) is 5.56 Å². The first-order valence-corrected chi connectivity index (χ1v) is 6.78. The van der Waals surface area contributed by atoms with Crippen LogP contribution in [0, 0.1) is 0 Å². The lowest BCUT2D eigenvalue weighted by molar-refractivity contribution is 0.0643. The van der Waals surface area contributed by atoms with Crippen molar-refractivity contribution >= 4 is 11.8 Å². The number of hydrogen-bond acceptors (Lipinski definition) is 4. The second-order valence-corrected chi connectivity index (χ2v) is 4.30. The van der Waals surface area contributed by atoms with Crippen LogP contribution in [0.3, 0.4) is 0 Å². The highest BCUT2D eigenvalue weighted by atomic mass is 16.5. The number of hydrogen-bond donors (Lipinski definition) is 2. The van der Waals surface area contributed by atoms with Gasteiger partial charge in [-0.3, -0.25) is 5.32 Å². The molecule has 1 aromatic carbocycles. The number of aromatic nitrogens is 2. The molecule has 2 amide bonds. The average molecular weight is 286 g/mol. The number of amides is 2. The molecule has 6 nitrogen and oxygen atoms in total. The lowest BCUT2D eigenvalue weighted by Crippen LogP contribution is -2.33. The van der Waals surface area contributed by atoms with Crippen LogP contribution in [-0.4, -0.2) is 29.4 Å². The molecule has 2 aromatic rings. The third kappa shape index (κ3) is 4.85. The van der Waals surface area contributed by atoms with Gasteiger partial charge in [0.1, 0.15) is 0 Å². The lowest BCUT2D eigenvalue weighted by atomic mass is 10.1. The predicted molar refractivity (Wildman–Crippen MR) is 79.9 cm³/mol. The summed E-state index contributed by atoms with van der Waals surface area (Å²) in [5.74, 6) is 0.405. The summed E-state index contributed by atoms with van der Waals surface area (Å²) >= 11 is 0. The molecule has 21 heavy (non-hydrogen) atoms. The van der Waals surface area contributed by atoms with Gasteiger partial charge in [0.15, 0.2) is 5.82 Å². The first-order chi connectivity index (χ1) is 10.3. The SMILES string of the molecule is CCO[C@@H](CNC(=O)Nc1cccnn1)c1ccccc1. The third-order valence-corrected chi connectivity index (χ3v) is 2.80. The number of nitrogens with one attached hydrogen (secondary N) is 2. The van der Waals surface area contributed by atoms with Crippen LogP contribution in [0.2, 0.25) is 0 Å². The zero-order valence-corrected chi connectivity index (χ0v) is 11.8. The van der Waals surface area contributed by atoms with Gasteiger partial charge < -0.3 is 10.1 Å². The third-order valence-electron chi connectivity index (χ3n) is 2.80. The summed E-state index contributed by atoms with van der Waals surface area (Å²) in [5, 5.41) is 12.9. The van der Waals surface area contributed by atoms with Crippen LogP contribution in [0.15, 0.2) is 48.7 Å². The Bertz CT molecular complexity index is 548. The Morgan fingerprint density at radius 1 is 1.24 bits per heavy atom. The number of rotatable bonds is 6. The van der Waals surface area contributed by atoms with Crippen molar-refractivity contribution in [2.45, 2.75) is 13.0 Å². The minimum atomic E-state index is -0.337. The van der Waals surface area contributed by atoms with Crippen LogP contribution in [-0.2, 0) is 4.74 Å². The monoisotopic (exact) mass is 286 g/mol. The molecule has 0 saturated heterocycles. The van der Waals surface area contributed by atoms with Crippen LogP contribution in [0.5, 0.6) is 0 Å². The maximum Gasteiger partial charge on any atom is 0.320 e. The molecule has 1 aromatic heterocycles. The van der Waals surface area contributed by atoms with Crippen molar-refractivity contribution in [3.63, 3.8) is 0 Å². The van der Waals surface area contributed by atoms with Crippen molar-refractivity contribution in [2.75, 3.05) is 18.5 Å². The molecule has 0 radical (unpaired) electrons. The summed E-state index contributed by atoms with van der Waals surface area (Å²) in [6, 6.07) is 12.8. The summed E-state index contributed by atoms with van der Waals surface area (Å²) in [7, 11) is 0. The first kappa shape index (κ1) is 14.9. The van der Waals surface area contributed by atoms with Gasteiger partial charge in [0.05, 0.1) is 6.10 Å². The Kier molecular flexibility index (Phi) is 5.66. The Morgan fingerprint density at radius 3 is 2.71 bits per heavy atom. The molecule has 6 heteroatoms. The molecule has 2 rings (SSSR count). The molecule has 0 unspecified atom stereocenters. The first-order valence-electron chi connectivity index (χ1n) is 6.78. The van der Waals surface area contributed by atoms with E-state index >= 15 is 0 Å². The van der Waals surface area contributed by atoms with Crippen LogP contribution in [0.1, 0.15) is 18.6 Å². The molecule has 0 bridgehead atoms. The molecule has 0 aliphatic heterocycles. The van der Waals surface area contributed by atoms with Gasteiger partial charge in [0.2, 0.25) is 0 Å². The molecule has 1 heterocycles. The van der Waals surface area contributed by atoms with E-state index < -0.39 is 0 Å². The lowest BCUT2D eigenvalue weighted by Gasteiger charge is -2.18. The summed E-state index contributed by atoms with van der Waals surface area (Å²) in [6.07, 6.45) is 1.37. The number of carbonyl (C=O) groups excluding carboxylic acids is 1. The molecule has 0 saturated carbocycles. The van der Waals surface area contributed by atoms with Crippen molar-refractivity contribution in [3.05, 3.63) is 54.2 Å². The predicted octanol–water partition coefficient (Wildman–Crippen LogP) is 2.38. The number of carbonyl (C=O) groups is 1. The number of ether oxygens (including phenoxy) is 1. The smallest absolute Gasteiger partial charge is 0.320 e. The van der Waals surface area contributed by atoms with Crippen molar-refractivity contribution < 1.29 is 9.53 Å². The molecular weight excluding hydrogens is 268 g/mol. The zero-order chi connectivity index (χ0) is 14.9. The van der Waals surface area contributed by atoms with Crippen LogP contribution < -0.4 is 10.6 Å². The number of benzene rings is 1. The minimum Gasteiger partial charge on any atom is -0.372 e.